The highest BCUT2D eigenvalue weighted by Crippen LogP contribution is 2.24. The average molecular weight is 355 g/mol. The summed E-state index contributed by atoms with van der Waals surface area (Å²) in [5.74, 6) is -2.17. The maximum Gasteiger partial charge on any atom is 0.228 e. The molecule has 0 radical (unpaired) electrons. The highest BCUT2D eigenvalue weighted by atomic mass is 79.9. The Morgan fingerprint density at radius 3 is 2.29 bits per heavy atom. The van der Waals surface area contributed by atoms with Crippen LogP contribution in [-0.2, 0) is 17.8 Å². The molecule has 0 unspecified atom stereocenters. The largest absolute Gasteiger partial charge is 0.326 e. The van der Waals surface area contributed by atoms with Gasteiger partial charge in [-0.2, -0.15) is 0 Å². The fraction of sp³-hybridized carbons (Fsp3) is 0.133. The number of halogens is 3. The molecule has 110 valence electrons. The fourth-order valence-electron chi connectivity index (χ4n) is 1.95. The number of nitrogens with two attached hydrogens (primary N) is 1. The van der Waals surface area contributed by atoms with E-state index in [1.807, 2.05) is 12.1 Å². The smallest absolute Gasteiger partial charge is 0.228 e. The third-order valence-electron chi connectivity index (χ3n) is 2.96. The Kier molecular flexibility index (Phi) is 5.03. The van der Waals surface area contributed by atoms with Crippen LogP contribution >= 0.6 is 15.9 Å². The lowest BCUT2D eigenvalue weighted by Gasteiger charge is -2.10. The molecule has 0 bridgehead atoms. The molecule has 3 nitrogen and oxygen atoms in total. The first kappa shape index (κ1) is 15.6. The standard InChI is InChI=1S/C15H13BrF2N2O/c16-11-6-12(17)15(13(18)7-11)20-14(21)5-9-3-1-2-4-10(9)8-19/h1-4,6-7H,5,8,19H2,(H,20,21). The van der Waals surface area contributed by atoms with Gasteiger partial charge in [0.15, 0.2) is 11.6 Å². The van der Waals surface area contributed by atoms with E-state index in [2.05, 4.69) is 21.2 Å². The molecule has 0 atom stereocenters. The Balaban J connectivity index is 2.16. The van der Waals surface area contributed by atoms with Crippen molar-refractivity contribution < 1.29 is 13.6 Å². The molecular formula is C15H13BrF2N2O. The lowest BCUT2D eigenvalue weighted by atomic mass is 10.0. The van der Waals surface area contributed by atoms with Gasteiger partial charge in [0.1, 0.15) is 5.69 Å². The zero-order valence-electron chi connectivity index (χ0n) is 11.0. The van der Waals surface area contributed by atoms with Crippen LogP contribution in [0.1, 0.15) is 11.1 Å². The topological polar surface area (TPSA) is 55.1 Å². The molecule has 0 aliphatic heterocycles. The SMILES string of the molecule is NCc1ccccc1CC(=O)Nc1c(F)cc(Br)cc1F. The van der Waals surface area contributed by atoms with Crippen molar-refractivity contribution in [3.63, 3.8) is 0 Å². The van der Waals surface area contributed by atoms with Crippen molar-refractivity contribution >= 4 is 27.5 Å². The number of carbonyl (C=O) groups excluding carboxylic acids is 1. The van der Waals surface area contributed by atoms with Crippen LogP contribution < -0.4 is 11.1 Å². The summed E-state index contributed by atoms with van der Waals surface area (Å²) in [5.41, 5.74) is 6.69. The summed E-state index contributed by atoms with van der Waals surface area (Å²) in [6, 6.07) is 9.35. The predicted octanol–water partition coefficient (Wildman–Crippen LogP) is 3.37. The average Bonchev–Trinajstić information content (AvgIpc) is 2.43. The van der Waals surface area contributed by atoms with E-state index in [1.165, 1.54) is 0 Å². The summed E-state index contributed by atoms with van der Waals surface area (Å²) in [4.78, 5) is 11.9. The molecule has 0 aromatic heterocycles. The van der Waals surface area contributed by atoms with Gasteiger partial charge in [0.05, 0.1) is 6.42 Å². The van der Waals surface area contributed by atoms with E-state index in [4.69, 9.17) is 5.73 Å². The second-order valence-electron chi connectivity index (χ2n) is 4.44. The third-order valence-corrected chi connectivity index (χ3v) is 3.42. The van der Waals surface area contributed by atoms with Crippen molar-refractivity contribution in [3.05, 3.63) is 63.6 Å². The minimum atomic E-state index is -0.831. The molecular weight excluding hydrogens is 342 g/mol. The Labute approximate surface area is 129 Å². The molecule has 0 saturated heterocycles. The molecule has 6 heteroatoms. The van der Waals surface area contributed by atoms with Gasteiger partial charge >= 0.3 is 0 Å². The van der Waals surface area contributed by atoms with Gasteiger partial charge in [-0.1, -0.05) is 40.2 Å². The Bertz CT molecular complexity index is 653. The van der Waals surface area contributed by atoms with Crippen molar-refractivity contribution in [1.29, 1.82) is 0 Å². The van der Waals surface area contributed by atoms with Crippen LogP contribution in [0.5, 0.6) is 0 Å². The second-order valence-corrected chi connectivity index (χ2v) is 5.36. The Morgan fingerprint density at radius 2 is 1.71 bits per heavy atom. The molecule has 3 N–H and O–H groups in total. The van der Waals surface area contributed by atoms with Crippen molar-refractivity contribution in [2.24, 2.45) is 5.73 Å². The molecule has 2 aromatic rings. The number of hydrogen-bond acceptors (Lipinski definition) is 2. The number of nitrogens with one attached hydrogen (secondary N) is 1. The van der Waals surface area contributed by atoms with Gasteiger partial charge in [-0.15, -0.1) is 0 Å². The highest BCUT2D eigenvalue weighted by molar-refractivity contribution is 9.10. The van der Waals surface area contributed by atoms with Crippen LogP contribution in [0, 0.1) is 11.6 Å². The molecule has 0 aliphatic carbocycles. The molecule has 0 saturated carbocycles. The van der Waals surface area contributed by atoms with E-state index < -0.39 is 23.2 Å². The van der Waals surface area contributed by atoms with Crippen LogP contribution in [0.4, 0.5) is 14.5 Å². The zero-order chi connectivity index (χ0) is 15.4. The minimum Gasteiger partial charge on any atom is -0.326 e. The van der Waals surface area contributed by atoms with E-state index in [0.717, 1.165) is 23.3 Å². The summed E-state index contributed by atoms with van der Waals surface area (Å²) in [6.45, 7) is 0.296. The number of carbonyl (C=O) groups is 1. The molecule has 0 aliphatic rings. The van der Waals surface area contributed by atoms with E-state index in [0.29, 0.717) is 6.54 Å². The molecule has 21 heavy (non-hydrogen) atoms. The van der Waals surface area contributed by atoms with E-state index in [-0.39, 0.29) is 10.9 Å². The highest BCUT2D eigenvalue weighted by Gasteiger charge is 2.14. The van der Waals surface area contributed by atoms with Gasteiger partial charge in [-0.25, -0.2) is 8.78 Å². The monoisotopic (exact) mass is 354 g/mol. The first-order chi connectivity index (χ1) is 10.0. The number of amides is 1. The molecule has 1 amide bonds. The molecule has 2 rings (SSSR count). The zero-order valence-corrected chi connectivity index (χ0v) is 12.6. The van der Waals surface area contributed by atoms with Gasteiger partial charge < -0.3 is 11.1 Å². The summed E-state index contributed by atoms with van der Waals surface area (Å²) in [6.07, 6.45) is 0.00230. The van der Waals surface area contributed by atoms with Crippen molar-refractivity contribution in [1.82, 2.24) is 0 Å². The van der Waals surface area contributed by atoms with Gasteiger partial charge in [-0.3, -0.25) is 4.79 Å². The van der Waals surface area contributed by atoms with E-state index >= 15 is 0 Å². The van der Waals surface area contributed by atoms with Gasteiger partial charge in [0.2, 0.25) is 5.91 Å². The van der Waals surface area contributed by atoms with Gasteiger partial charge in [0.25, 0.3) is 0 Å². The Morgan fingerprint density at radius 1 is 1.14 bits per heavy atom. The number of anilines is 1. The summed E-state index contributed by atoms with van der Waals surface area (Å²) >= 11 is 2.98. The predicted molar refractivity (Wildman–Crippen MR) is 80.7 cm³/mol. The van der Waals surface area contributed by atoms with Crippen LogP contribution in [0.3, 0.4) is 0 Å². The molecule has 2 aromatic carbocycles. The lowest BCUT2D eigenvalue weighted by molar-refractivity contribution is -0.115. The number of hydrogen-bond donors (Lipinski definition) is 2. The second kappa shape index (κ2) is 6.78. The summed E-state index contributed by atoms with van der Waals surface area (Å²) in [7, 11) is 0. The quantitative estimate of drug-likeness (QED) is 0.884. The van der Waals surface area contributed by atoms with Gasteiger partial charge in [0, 0.05) is 11.0 Å². The number of benzene rings is 2. The van der Waals surface area contributed by atoms with E-state index in [9.17, 15) is 13.6 Å². The molecule has 0 fully saturated rings. The van der Waals surface area contributed by atoms with Crippen LogP contribution in [0.15, 0.2) is 40.9 Å². The van der Waals surface area contributed by atoms with Crippen LogP contribution in [0.2, 0.25) is 0 Å². The Hall–Kier alpha value is -1.79. The first-order valence-electron chi connectivity index (χ1n) is 6.22. The summed E-state index contributed by atoms with van der Waals surface area (Å²) < 4.78 is 27.6. The fourth-order valence-corrected chi connectivity index (χ4v) is 2.35. The third kappa shape index (κ3) is 3.86. The normalized spacial score (nSPS) is 10.5. The lowest BCUT2D eigenvalue weighted by Crippen LogP contribution is -2.18. The van der Waals surface area contributed by atoms with E-state index in [1.54, 1.807) is 12.1 Å². The van der Waals surface area contributed by atoms with Crippen molar-refractivity contribution in [3.8, 4) is 0 Å². The van der Waals surface area contributed by atoms with Crippen molar-refractivity contribution in [2.75, 3.05) is 5.32 Å². The minimum absolute atomic E-state index is 0.00230. The van der Waals surface area contributed by atoms with Crippen LogP contribution in [0.25, 0.3) is 0 Å². The van der Waals surface area contributed by atoms with Crippen LogP contribution in [-0.4, -0.2) is 5.91 Å². The maximum absolute atomic E-state index is 13.7. The first-order valence-corrected chi connectivity index (χ1v) is 7.02. The number of rotatable bonds is 4. The molecule has 0 heterocycles. The van der Waals surface area contributed by atoms with Gasteiger partial charge in [-0.05, 0) is 23.3 Å². The summed E-state index contributed by atoms with van der Waals surface area (Å²) in [5, 5.41) is 2.25. The molecule has 0 spiro atoms. The maximum atomic E-state index is 13.7. The van der Waals surface area contributed by atoms with Crippen molar-refractivity contribution in [2.45, 2.75) is 13.0 Å².